The summed E-state index contributed by atoms with van der Waals surface area (Å²) < 4.78 is 13.0. The van der Waals surface area contributed by atoms with Crippen LogP contribution in [0.4, 0.5) is 9.18 Å². The van der Waals surface area contributed by atoms with Gasteiger partial charge in [0.2, 0.25) is 0 Å². The summed E-state index contributed by atoms with van der Waals surface area (Å²) in [5.74, 6) is 0.750. The van der Waals surface area contributed by atoms with Crippen molar-refractivity contribution in [1.29, 1.82) is 0 Å². The van der Waals surface area contributed by atoms with Crippen molar-refractivity contribution >= 4 is 29.0 Å². The number of halogens is 1. The van der Waals surface area contributed by atoms with E-state index in [-0.39, 0.29) is 17.0 Å². The first kappa shape index (κ1) is 21.6. The van der Waals surface area contributed by atoms with Gasteiger partial charge in [0.1, 0.15) is 11.6 Å². The maximum atomic E-state index is 13.0. The minimum absolute atomic E-state index is 0.195. The number of thioether (sulfide) groups is 1. The molecule has 6 nitrogen and oxygen atoms in total. The number of amides is 2. The Kier molecular flexibility index (Phi) is 7.09. The summed E-state index contributed by atoms with van der Waals surface area (Å²) in [6, 6.07) is 8.96. The molecular formula is C23H25FN4O2S. The number of carbonyl (C=O) groups is 2. The quantitative estimate of drug-likeness (QED) is 0.636. The lowest BCUT2D eigenvalue weighted by Gasteiger charge is -2.29. The molecule has 31 heavy (non-hydrogen) atoms. The van der Waals surface area contributed by atoms with E-state index >= 15 is 0 Å². The maximum Gasteiger partial charge on any atom is 0.290 e. The van der Waals surface area contributed by atoms with Gasteiger partial charge in [-0.15, -0.1) is 0 Å². The molecule has 2 aromatic rings. The summed E-state index contributed by atoms with van der Waals surface area (Å²) in [7, 11) is 0. The monoisotopic (exact) mass is 440 g/mol. The molecule has 2 amide bonds. The lowest BCUT2D eigenvalue weighted by molar-refractivity contribution is -0.115. The number of nitrogens with one attached hydrogen (secondary N) is 2. The first-order chi connectivity index (χ1) is 15.0. The van der Waals surface area contributed by atoms with Crippen molar-refractivity contribution in [2.24, 2.45) is 5.92 Å². The van der Waals surface area contributed by atoms with E-state index in [1.807, 2.05) is 12.1 Å². The lowest BCUT2D eigenvalue weighted by Crippen LogP contribution is -2.35. The molecule has 0 unspecified atom stereocenters. The van der Waals surface area contributed by atoms with Crippen molar-refractivity contribution in [3.05, 3.63) is 64.3 Å². The van der Waals surface area contributed by atoms with Crippen LogP contribution in [0, 0.1) is 11.7 Å². The van der Waals surface area contributed by atoms with Crippen molar-refractivity contribution in [1.82, 2.24) is 20.6 Å². The molecule has 0 bridgehead atoms. The molecule has 2 aliphatic rings. The average Bonchev–Trinajstić information content (AvgIpc) is 3.07. The van der Waals surface area contributed by atoms with Crippen LogP contribution < -0.4 is 10.6 Å². The van der Waals surface area contributed by atoms with E-state index < -0.39 is 0 Å². The molecule has 2 fully saturated rings. The Balaban J connectivity index is 1.23. The molecule has 2 heterocycles. The van der Waals surface area contributed by atoms with Crippen molar-refractivity contribution in [2.75, 3.05) is 6.54 Å². The molecule has 1 saturated heterocycles. The minimum Gasteiger partial charge on any atom is -0.314 e. The standard InChI is InChI=1S/C23H25FN4O2S/c24-17-5-1-15(2-6-17)9-11-25-18-7-3-16(4-8-18)13-21-26-12-10-19(27-21)14-20-22(29)28-23(30)31-20/h1-2,5-6,10,12,14,16,18,25H,3-4,7-9,11,13H2,(H,28,29,30)/b20-14-. The van der Waals surface area contributed by atoms with Crippen molar-refractivity contribution in [3.63, 3.8) is 0 Å². The summed E-state index contributed by atoms with van der Waals surface area (Å²) in [4.78, 5) is 32.3. The van der Waals surface area contributed by atoms with Gasteiger partial charge in [-0.05, 0) is 86.2 Å². The van der Waals surface area contributed by atoms with Gasteiger partial charge in [0, 0.05) is 18.7 Å². The Morgan fingerprint density at radius 3 is 2.61 bits per heavy atom. The fourth-order valence-electron chi connectivity index (χ4n) is 4.05. The van der Waals surface area contributed by atoms with Crippen molar-refractivity contribution in [3.8, 4) is 0 Å². The summed E-state index contributed by atoms with van der Waals surface area (Å²) in [5.41, 5.74) is 1.79. The van der Waals surface area contributed by atoms with Gasteiger partial charge in [0.25, 0.3) is 11.1 Å². The number of benzene rings is 1. The maximum absolute atomic E-state index is 13.0. The fourth-order valence-corrected chi connectivity index (χ4v) is 4.72. The molecule has 1 aliphatic heterocycles. The van der Waals surface area contributed by atoms with Gasteiger partial charge < -0.3 is 5.32 Å². The second-order valence-electron chi connectivity index (χ2n) is 8.00. The van der Waals surface area contributed by atoms with Gasteiger partial charge >= 0.3 is 0 Å². The highest BCUT2D eigenvalue weighted by Gasteiger charge is 2.25. The smallest absolute Gasteiger partial charge is 0.290 e. The van der Waals surface area contributed by atoms with Gasteiger partial charge in [-0.1, -0.05) is 12.1 Å². The van der Waals surface area contributed by atoms with Crippen LogP contribution in [0.3, 0.4) is 0 Å². The average molecular weight is 441 g/mol. The van der Waals surface area contributed by atoms with Crippen LogP contribution in [-0.2, 0) is 17.6 Å². The van der Waals surface area contributed by atoms with Crippen LogP contribution >= 0.6 is 11.8 Å². The predicted molar refractivity (Wildman–Crippen MR) is 119 cm³/mol. The number of hydrogen-bond acceptors (Lipinski definition) is 6. The van der Waals surface area contributed by atoms with Gasteiger partial charge in [-0.2, -0.15) is 0 Å². The highest BCUT2D eigenvalue weighted by Crippen LogP contribution is 2.27. The first-order valence-corrected chi connectivity index (χ1v) is 11.4. The minimum atomic E-state index is -0.375. The van der Waals surface area contributed by atoms with Gasteiger partial charge in [-0.3, -0.25) is 14.9 Å². The Morgan fingerprint density at radius 1 is 1.13 bits per heavy atom. The number of imide groups is 1. The Labute approximate surface area is 185 Å². The molecule has 0 atom stereocenters. The molecule has 1 aromatic carbocycles. The summed E-state index contributed by atoms with van der Waals surface area (Å²) >= 11 is 0.893. The number of hydrogen-bond donors (Lipinski definition) is 2. The van der Waals surface area contributed by atoms with Crippen LogP contribution in [0.15, 0.2) is 41.4 Å². The summed E-state index contributed by atoms with van der Waals surface area (Å²) in [6.45, 7) is 0.898. The topological polar surface area (TPSA) is 84.0 Å². The van der Waals surface area contributed by atoms with E-state index in [9.17, 15) is 14.0 Å². The van der Waals surface area contributed by atoms with E-state index in [1.165, 1.54) is 12.1 Å². The third-order valence-electron chi connectivity index (χ3n) is 5.73. The van der Waals surface area contributed by atoms with Crippen molar-refractivity contribution in [2.45, 2.75) is 44.6 Å². The summed E-state index contributed by atoms with van der Waals surface area (Å²) in [5, 5.41) is 5.52. The molecule has 1 aliphatic carbocycles. The number of aromatic nitrogens is 2. The van der Waals surface area contributed by atoms with Gasteiger partial charge in [0.05, 0.1) is 10.6 Å². The Morgan fingerprint density at radius 2 is 1.90 bits per heavy atom. The predicted octanol–water partition coefficient (Wildman–Crippen LogP) is 3.87. The van der Waals surface area contributed by atoms with Crippen molar-refractivity contribution < 1.29 is 14.0 Å². The second-order valence-corrected chi connectivity index (χ2v) is 9.02. The van der Waals surface area contributed by atoms with E-state index in [0.717, 1.165) is 68.2 Å². The molecule has 1 aromatic heterocycles. The number of nitrogens with zero attached hydrogens (tertiary/aromatic N) is 2. The Hall–Kier alpha value is -2.58. The van der Waals surface area contributed by atoms with E-state index in [1.54, 1.807) is 18.3 Å². The highest BCUT2D eigenvalue weighted by atomic mass is 32.2. The molecule has 4 rings (SSSR count). The fraction of sp³-hybridized carbons (Fsp3) is 0.391. The molecule has 8 heteroatoms. The van der Waals surface area contributed by atoms with Crippen LogP contribution in [0.2, 0.25) is 0 Å². The molecule has 0 radical (unpaired) electrons. The molecule has 0 spiro atoms. The zero-order valence-corrected chi connectivity index (χ0v) is 18.0. The SMILES string of the molecule is O=C1NC(=O)/C(=C/c2ccnc(CC3CCC(NCCc4ccc(F)cc4)CC3)n2)S1. The Bertz CT molecular complexity index is 972. The second kappa shape index (κ2) is 10.2. The van der Waals surface area contributed by atoms with Crippen LogP contribution in [0.5, 0.6) is 0 Å². The normalized spacial score (nSPS) is 22.7. The third kappa shape index (κ3) is 6.21. The van der Waals surface area contributed by atoms with E-state index in [2.05, 4.69) is 20.6 Å². The van der Waals surface area contributed by atoms with Gasteiger partial charge in [0.15, 0.2) is 0 Å². The van der Waals surface area contributed by atoms with Crippen LogP contribution in [0.1, 0.15) is 42.8 Å². The zero-order chi connectivity index (χ0) is 21.6. The summed E-state index contributed by atoms with van der Waals surface area (Å²) in [6.07, 6.45) is 9.55. The molecule has 1 saturated carbocycles. The molecule has 162 valence electrons. The number of rotatable bonds is 7. The van der Waals surface area contributed by atoms with Crippen LogP contribution in [0.25, 0.3) is 6.08 Å². The third-order valence-corrected chi connectivity index (χ3v) is 6.54. The molecular weight excluding hydrogens is 415 g/mol. The van der Waals surface area contributed by atoms with Gasteiger partial charge in [-0.25, -0.2) is 14.4 Å². The first-order valence-electron chi connectivity index (χ1n) is 10.6. The van der Waals surface area contributed by atoms with Crippen LogP contribution in [-0.4, -0.2) is 33.7 Å². The van der Waals surface area contributed by atoms with E-state index in [0.29, 0.717) is 22.6 Å². The molecule has 2 N–H and O–H groups in total. The largest absolute Gasteiger partial charge is 0.314 e. The highest BCUT2D eigenvalue weighted by molar-refractivity contribution is 8.18. The van der Waals surface area contributed by atoms with E-state index in [4.69, 9.17) is 0 Å². The zero-order valence-electron chi connectivity index (χ0n) is 17.1. The number of carbonyl (C=O) groups excluding carboxylic acids is 2. The lowest BCUT2D eigenvalue weighted by atomic mass is 9.84.